The molecule has 1 nitrogen and oxygen atoms in total. The lowest BCUT2D eigenvalue weighted by molar-refractivity contribution is -0.157. The van der Waals surface area contributed by atoms with Crippen LogP contribution in [-0.2, 0) is 4.74 Å². The summed E-state index contributed by atoms with van der Waals surface area (Å²) in [6.07, 6.45) is -2.97. The second-order valence-corrected chi connectivity index (χ2v) is 1.79. The van der Waals surface area contributed by atoms with E-state index in [1.54, 1.807) is 0 Å². The quantitative estimate of drug-likeness (QED) is 0.493. The Morgan fingerprint density at radius 3 is 1.75 bits per heavy atom. The molecule has 0 spiro atoms. The van der Waals surface area contributed by atoms with Gasteiger partial charge in [0.15, 0.2) is 13.3 Å². The predicted octanol–water partition coefficient (Wildman–Crippen LogP) is 2.64. The standard InChI is InChI=1S/C5H4F6O/c6-1-5(11,2-7)12-4(10)3(8)9/h1-2H2. The van der Waals surface area contributed by atoms with Gasteiger partial charge >= 0.3 is 17.9 Å². The lowest BCUT2D eigenvalue weighted by atomic mass is 10.4. The molecule has 0 bridgehead atoms. The van der Waals surface area contributed by atoms with Gasteiger partial charge < -0.3 is 4.74 Å². The minimum absolute atomic E-state index is 2.05. The van der Waals surface area contributed by atoms with Gasteiger partial charge in [0, 0.05) is 0 Å². The minimum atomic E-state index is -3.66. The zero-order valence-corrected chi connectivity index (χ0v) is 5.59. The van der Waals surface area contributed by atoms with Crippen molar-refractivity contribution in [3.63, 3.8) is 0 Å². The van der Waals surface area contributed by atoms with E-state index in [9.17, 15) is 26.3 Å². The highest BCUT2D eigenvalue weighted by Crippen LogP contribution is 2.22. The number of ether oxygens (including phenoxy) is 1. The third kappa shape index (κ3) is 3.02. The Morgan fingerprint density at radius 2 is 1.50 bits per heavy atom. The number of alkyl halides is 3. The highest BCUT2D eigenvalue weighted by Gasteiger charge is 2.34. The fourth-order valence-electron chi connectivity index (χ4n) is 0.289. The molecule has 0 N–H and O–H groups in total. The molecule has 0 saturated heterocycles. The van der Waals surface area contributed by atoms with Crippen LogP contribution in [0.4, 0.5) is 26.3 Å². The molecule has 7 heteroatoms. The predicted molar refractivity (Wildman–Crippen MR) is 27.2 cm³/mol. The molecule has 0 aliphatic carbocycles. The Bertz CT molecular complexity index is 171. The maximum atomic E-state index is 12.3. The topological polar surface area (TPSA) is 9.23 Å². The lowest BCUT2D eigenvalue weighted by Crippen LogP contribution is -2.31. The Kier molecular flexibility index (Phi) is 3.91. The maximum Gasteiger partial charge on any atom is 0.342 e. The molecule has 0 aromatic rings. The van der Waals surface area contributed by atoms with Crippen molar-refractivity contribution >= 4 is 0 Å². The zero-order chi connectivity index (χ0) is 9.78. The van der Waals surface area contributed by atoms with Gasteiger partial charge in [-0.15, -0.1) is 0 Å². The molecular formula is C5H4F6O. The van der Waals surface area contributed by atoms with Crippen LogP contribution >= 0.6 is 0 Å². The first-order valence-electron chi connectivity index (χ1n) is 2.66. The average molecular weight is 194 g/mol. The molecule has 0 atom stereocenters. The summed E-state index contributed by atoms with van der Waals surface area (Å²) in [5, 5.41) is 0. The molecule has 72 valence electrons. The second kappa shape index (κ2) is 4.22. The highest BCUT2D eigenvalue weighted by molar-refractivity contribution is 4.84. The molecule has 0 rings (SSSR count). The first-order chi connectivity index (χ1) is 5.45. The van der Waals surface area contributed by atoms with Gasteiger partial charge in [-0.05, 0) is 0 Å². The molecule has 0 heterocycles. The van der Waals surface area contributed by atoms with Crippen molar-refractivity contribution in [2.45, 2.75) is 5.85 Å². The molecule has 0 aromatic heterocycles. The van der Waals surface area contributed by atoms with Gasteiger partial charge in [0.05, 0.1) is 0 Å². The monoisotopic (exact) mass is 194 g/mol. The first kappa shape index (κ1) is 11.1. The summed E-state index contributed by atoms with van der Waals surface area (Å²) in [4.78, 5) is 0. The second-order valence-electron chi connectivity index (χ2n) is 1.79. The average Bonchev–Trinajstić information content (AvgIpc) is 2.04. The van der Waals surface area contributed by atoms with E-state index in [0.29, 0.717) is 0 Å². The smallest absolute Gasteiger partial charge is 0.342 e. The Balaban J connectivity index is 4.32. The van der Waals surface area contributed by atoms with Crippen molar-refractivity contribution in [1.82, 2.24) is 0 Å². The normalized spacial score (nSPS) is 11.2. The van der Waals surface area contributed by atoms with Crippen molar-refractivity contribution in [2.24, 2.45) is 0 Å². The van der Waals surface area contributed by atoms with Crippen LogP contribution in [0, 0.1) is 0 Å². The van der Waals surface area contributed by atoms with Crippen molar-refractivity contribution in [3.05, 3.63) is 12.1 Å². The third-order valence-corrected chi connectivity index (χ3v) is 0.820. The van der Waals surface area contributed by atoms with Crippen molar-refractivity contribution < 1.29 is 31.1 Å². The van der Waals surface area contributed by atoms with Crippen molar-refractivity contribution in [1.29, 1.82) is 0 Å². The van der Waals surface area contributed by atoms with E-state index in [1.165, 1.54) is 0 Å². The van der Waals surface area contributed by atoms with E-state index in [1.807, 2.05) is 0 Å². The summed E-state index contributed by atoms with van der Waals surface area (Å²) in [5.74, 6) is -3.66. The van der Waals surface area contributed by atoms with Crippen molar-refractivity contribution in [3.8, 4) is 0 Å². The van der Waals surface area contributed by atoms with E-state index in [4.69, 9.17) is 0 Å². The number of hydrogen-bond donors (Lipinski definition) is 0. The van der Waals surface area contributed by atoms with Crippen LogP contribution in [0.2, 0.25) is 0 Å². The summed E-state index contributed by atoms with van der Waals surface area (Å²) in [5.41, 5.74) is 0. The van der Waals surface area contributed by atoms with E-state index in [2.05, 4.69) is 4.74 Å². The van der Waals surface area contributed by atoms with Gasteiger partial charge in [-0.3, -0.25) is 0 Å². The molecule has 0 aliphatic heterocycles. The Labute approximate surface area is 63.6 Å². The summed E-state index contributed by atoms with van der Waals surface area (Å²) >= 11 is 0. The molecule has 0 aromatic carbocycles. The van der Waals surface area contributed by atoms with Gasteiger partial charge in [0.1, 0.15) is 0 Å². The van der Waals surface area contributed by atoms with Crippen LogP contribution in [-0.4, -0.2) is 19.2 Å². The Morgan fingerprint density at radius 1 is 1.08 bits per heavy atom. The highest BCUT2D eigenvalue weighted by atomic mass is 19.3. The molecule has 0 saturated carbocycles. The van der Waals surface area contributed by atoms with Gasteiger partial charge in [-0.1, -0.05) is 0 Å². The molecular weight excluding hydrogens is 190 g/mol. The molecule has 0 amide bonds. The molecule has 0 unspecified atom stereocenters. The van der Waals surface area contributed by atoms with Crippen LogP contribution < -0.4 is 0 Å². The minimum Gasteiger partial charge on any atom is -0.424 e. The summed E-state index contributed by atoms with van der Waals surface area (Å²) in [6, 6.07) is -2.62. The molecule has 0 radical (unpaired) electrons. The van der Waals surface area contributed by atoms with Crippen LogP contribution in [0.3, 0.4) is 0 Å². The van der Waals surface area contributed by atoms with Crippen LogP contribution in [0.25, 0.3) is 0 Å². The van der Waals surface area contributed by atoms with Gasteiger partial charge in [0.2, 0.25) is 0 Å². The zero-order valence-electron chi connectivity index (χ0n) is 5.59. The fourth-order valence-corrected chi connectivity index (χ4v) is 0.289. The summed E-state index contributed by atoms with van der Waals surface area (Å²) < 4.78 is 72.4. The summed E-state index contributed by atoms with van der Waals surface area (Å²) in [6.45, 7) is -4.10. The van der Waals surface area contributed by atoms with Crippen LogP contribution in [0.1, 0.15) is 0 Å². The molecule has 0 fully saturated rings. The molecule has 0 aliphatic rings. The lowest BCUT2D eigenvalue weighted by Gasteiger charge is -2.17. The van der Waals surface area contributed by atoms with Crippen LogP contribution in [0.15, 0.2) is 12.1 Å². The number of hydrogen-bond acceptors (Lipinski definition) is 1. The van der Waals surface area contributed by atoms with E-state index < -0.39 is 31.3 Å². The van der Waals surface area contributed by atoms with E-state index in [0.717, 1.165) is 0 Å². The Hall–Kier alpha value is -0.880. The van der Waals surface area contributed by atoms with E-state index in [-0.39, 0.29) is 0 Å². The van der Waals surface area contributed by atoms with Gasteiger partial charge in [-0.2, -0.15) is 17.6 Å². The number of rotatable bonds is 4. The SMILES string of the molecule is FCC(F)(CF)OC(F)=C(F)F. The fraction of sp³-hybridized carbons (Fsp3) is 0.600. The first-order valence-corrected chi connectivity index (χ1v) is 2.66. The summed E-state index contributed by atoms with van der Waals surface area (Å²) in [7, 11) is 0. The van der Waals surface area contributed by atoms with Crippen molar-refractivity contribution in [2.75, 3.05) is 13.3 Å². The molecule has 12 heavy (non-hydrogen) atoms. The largest absolute Gasteiger partial charge is 0.424 e. The third-order valence-electron chi connectivity index (χ3n) is 0.820. The van der Waals surface area contributed by atoms with Gasteiger partial charge in [-0.25, -0.2) is 8.78 Å². The number of halogens is 6. The van der Waals surface area contributed by atoms with Gasteiger partial charge in [0.25, 0.3) is 0 Å². The maximum absolute atomic E-state index is 12.3. The van der Waals surface area contributed by atoms with Crippen LogP contribution in [0.5, 0.6) is 0 Å². The van der Waals surface area contributed by atoms with E-state index >= 15 is 0 Å².